The summed E-state index contributed by atoms with van der Waals surface area (Å²) in [5.74, 6) is 2.42. The number of benzene rings is 7. The van der Waals surface area contributed by atoms with Crippen molar-refractivity contribution in [3.8, 4) is 81.0 Å². The van der Waals surface area contributed by atoms with E-state index in [1.54, 1.807) is 36.4 Å². The maximum atomic E-state index is 9.42. The van der Waals surface area contributed by atoms with Crippen molar-refractivity contribution in [2.24, 2.45) is 5.73 Å². The van der Waals surface area contributed by atoms with Crippen molar-refractivity contribution < 1.29 is 49.3 Å². The van der Waals surface area contributed by atoms with Gasteiger partial charge in [-0.15, -0.1) is 12.4 Å². The molecule has 0 unspecified atom stereocenters. The topological polar surface area (TPSA) is 339 Å². The average molecular weight is 1640 g/mol. The second-order valence-corrected chi connectivity index (χ2v) is 30.1. The van der Waals surface area contributed by atoms with E-state index < -0.39 is 14.2 Å². The number of nitrogens with two attached hydrogens (primary N) is 1. The van der Waals surface area contributed by atoms with Crippen LogP contribution in [-0.4, -0.2) is 133 Å². The number of aliphatic hydroxyl groups excluding tert-OH is 2. The van der Waals surface area contributed by atoms with E-state index in [2.05, 4.69) is 184 Å². The lowest BCUT2D eigenvalue weighted by Gasteiger charge is -2.19. The summed E-state index contributed by atoms with van der Waals surface area (Å²) in [5.41, 5.74) is 17.6. The number of aromatic nitrogens is 12. The Hall–Kier alpha value is -8.34. The first-order chi connectivity index (χ1) is 50.8. The van der Waals surface area contributed by atoms with Crippen molar-refractivity contribution in [1.29, 1.82) is 0 Å². The molecule has 0 saturated carbocycles. The summed E-state index contributed by atoms with van der Waals surface area (Å²) in [6.07, 6.45) is 0. The molecule has 0 aliphatic carbocycles. The van der Waals surface area contributed by atoms with Crippen LogP contribution in [0.5, 0.6) is 24.0 Å². The zero-order valence-electron chi connectivity index (χ0n) is 63.1. The molecule has 0 fully saturated rings. The number of rotatable bonds is 14. The highest BCUT2D eigenvalue weighted by atomic mass is 35.5. The molecule has 0 aliphatic rings. The number of methoxy groups -OCH3 is 4. The van der Waals surface area contributed by atoms with Gasteiger partial charge in [-0.25, -0.2) is 9.97 Å². The van der Waals surface area contributed by atoms with Crippen molar-refractivity contribution in [3.05, 3.63) is 222 Å². The van der Waals surface area contributed by atoms with Gasteiger partial charge in [0.2, 0.25) is 15.9 Å². The molecule has 110 heavy (non-hydrogen) atoms. The van der Waals surface area contributed by atoms with E-state index in [0.29, 0.717) is 67.9 Å². The lowest BCUT2D eigenvalue weighted by Crippen LogP contribution is -2.31. The van der Waals surface area contributed by atoms with Crippen molar-refractivity contribution in [2.45, 2.75) is 132 Å². The van der Waals surface area contributed by atoms with Gasteiger partial charge in [0.1, 0.15) is 0 Å². The number of aliphatic hydroxyl groups is 2. The fourth-order valence-corrected chi connectivity index (χ4v) is 10.6. The summed E-state index contributed by atoms with van der Waals surface area (Å²) in [5, 5.41) is 55.2. The molecule has 32 heteroatoms. The van der Waals surface area contributed by atoms with Crippen molar-refractivity contribution in [1.82, 2.24) is 59.8 Å². The third-order valence-corrected chi connectivity index (χ3v) is 17.1. The third-order valence-electron chi connectivity index (χ3n) is 15.6. The largest absolute Gasteiger partial charge is 0.489 e. The highest BCUT2D eigenvalue weighted by Crippen LogP contribution is 2.34. The molecule has 8 N–H and O–H groups in total. The van der Waals surface area contributed by atoms with Gasteiger partial charge in [0.25, 0.3) is 0 Å². The summed E-state index contributed by atoms with van der Waals surface area (Å²) >= 11 is 35.0. The minimum atomic E-state index is -1.59. The molecule has 11 aromatic rings. The minimum Gasteiger partial charge on any atom is -0.467 e. The zero-order valence-corrected chi connectivity index (χ0v) is 68.5. The molecular formula is C78H92B2Cl7N13O10. The molecule has 23 nitrogen and oxygen atoms in total. The number of hydrogen-bond acceptors (Lipinski definition) is 23. The number of nitrogens with zero attached hydrogens (tertiary/aromatic N) is 12. The van der Waals surface area contributed by atoms with Crippen molar-refractivity contribution in [3.63, 3.8) is 0 Å². The molecular weight excluding hydrogens is 1550 g/mol. The monoisotopic (exact) mass is 1640 g/mol. The summed E-state index contributed by atoms with van der Waals surface area (Å²) < 4.78 is 20.2. The van der Waals surface area contributed by atoms with E-state index in [1.165, 1.54) is 57.3 Å². The highest BCUT2D eigenvalue weighted by Gasteiger charge is 2.23. The molecule has 0 amide bonds. The summed E-state index contributed by atoms with van der Waals surface area (Å²) in [7, 11) is 3.00. The van der Waals surface area contributed by atoms with Gasteiger partial charge >= 0.3 is 38.3 Å². The van der Waals surface area contributed by atoms with Crippen LogP contribution in [0.4, 0.5) is 0 Å². The van der Waals surface area contributed by atoms with E-state index in [1.807, 2.05) is 66.7 Å². The molecule has 7 aromatic carbocycles. The summed E-state index contributed by atoms with van der Waals surface area (Å²) in [6, 6.07) is 47.9. The predicted octanol–water partition coefficient (Wildman–Crippen LogP) is 15.2. The van der Waals surface area contributed by atoms with Crippen LogP contribution >= 0.6 is 82.0 Å². The number of halogens is 7. The molecule has 584 valence electrons. The van der Waals surface area contributed by atoms with Gasteiger partial charge in [-0.3, -0.25) is 0 Å². The average Bonchev–Trinajstić information content (AvgIpc) is 0.819. The lowest BCUT2D eigenvalue weighted by atomic mass is 9.76. The molecule has 4 heterocycles. The summed E-state index contributed by atoms with van der Waals surface area (Å²) in [6.45, 7) is 25.9. The lowest BCUT2D eigenvalue weighted by molar-refractivity contribution is 0.281. The Morgan fingerprint density at radius 3 is 1.01 bits per heavy atom. The first-order valence-electron chi connectivity index (χ1n) is 33.4. The minimum absolute atomic E-state index is 0. The smallest absolute Gasteiger partial charge is 0.467 e. The second kappa shape index (κ2) is 42.9. The van der Waals surface area contributed by atoms with E-state index >= 15 is 0 Å². The molecule has 0 spiro atoms. The first-order valence-corrected chi connectivity index (χ1v) is 35.7. The Balaban J connectivity index is 0.000000288. The van der Waals surface area contributed by atoms with Crippen molar-refractivity contribution in [2.75, 3.05) is 28.4 Å². The molecule has 0 atom stereocenters. The van der Waals surface area contributed by atoms with Gasteiger partial charge in [-0.05, 0) is 149 Å². The van der Waals surface area contributed by atoms with E-state index in [4.69, 9.17) is 115 Å². The van der Waals surface area contributed by atoms with Gasteiger partial charge in [-0.1, -0.05) is 228 Å². The normalized spacial score (nSPS) is 10.9. The van der Waals surface area contributed by atoms with E-state index in [9.17, 15) is 5.11 Å². The second-order valence-electron chi connectivity index (χ2n) is 27.8. The van der Waals surface area contributed by atoms with Gasteiger partial charge < -0.3 is 55.0 Å². The van der Waals surface area contributed by atoms with Gasteiger partial charge in [-0.2, -0.15) is 49.8 Å². The highest BCUT2D eigenvalue weighted by molar-refractivity contribution is 6.62. The third kappa shape index (κ3) is 28.4. The maximum absolute atomic E-state index is 9.42. The molecule has 0 bridgehead atoms. The van der Waals surface area contributed by atoms with Gasteiger partial charge in [0, 0.05) is 44.8 Å². The standard InChI is InChI=1S/C21H23ClN4O.C21H22ClN3O2.C14H16ClN3O.C10H15BO2.C7H8BClO3.C4H3Cl2N3O.CH4.ClH/c1-21(2,3)15-7-5-6-14(11-15)18-24-19(26-20(25-18)27-4)16-10-13(12-23)8-9-17(16)22;1-21(2,3)15-7-5-6-14(11-15)18-23-19(25-20(24-18)27-4)16-10-13(12-26)8-9-17(16)22;1-14(2,3)10-7-5-6-9(8-10)11-16-12(15)18-13(17-11)19-4;1-10(2,3)8-5-4-6-9(7-8)11(12)13;9-7-2-1-5(4-10)3-6(7)8(11)12;1-10-4-8-2(5)7-3(6)9-4;;/h5-11H,12,23H2,1-4H3;5-11,26H,12H2,1-4H3;5-8H,1-4H3;4-7,12-13H,1-3H3;1-3,10-12H,4H2;1H3;1H4;1H. The number of hydrogen-bond donors (Lipinski definition) is 7. The van der Waals surface area contributed by atoms with Crippen LogP contribution in [0.3, 0.4) is 0 Å². The first kappa shape index (κ1) is 94.0. The Labute approximate surface area is 680 Å². The molecule has 0 aliphatic heterocycles. The van der Waals surface area contributed by atoms with Crippen LogP contribution in [-0.2, 0) is 41.4 Å². The maximum Gasteiger partial charge on any atom is 0.489 e. The molecule has 4 aromatic heterocycles. The summed E-state index contributed by atoms with van der Waals surface area (Å²) in [4.78, 5) is 49.7. The zero-order chi connectivity index (χ0) is 80.0. The fourth-order valence-electron chi connectivity index (χ4n) is 9.49. The Morgan fingerprint density at radius 1 is 0.345 bits per heavy atom. The SMILES string of the molecule is C.CC(C)(C)c1cccc(B(O)O)c1.COc1nc(-c2cccc(C(C)(C)C)c2)nc(-c2cc(CN)ccc2Cl)n1.COc1nc(-c2cccc(C(C)(C)C)c2)nc(-c2cc(CO)ccc2Cl)n1.COc1nc(Cl)nc(-c2cccc(C(C)(C)C)c2)n1.COc1nc(Cl)nc(Cl)n1.Cl.OCc1ccc(Cl)c(B(O)O)c1. The molecule has 0 saturated heterocycles. The van der Waals surface area contributed by atoms with Crippen LogP contribution in [0, 0.1) is 0 Å². The van der Waals surface area contributed by atoms with Gasteiger partial charge in [0.05, 0.1) is 51.7 Å². The van der Waals surface area contributed by atoms with Crippen LogP contribution in [0.25, 0.3) is 56.9 Å². The molecule has 0 radical (unpaired) electrons. The van der Waals surface area contributed by atoms with Gasteiger partial charge in [0.15, 0.2) is 29.1 Å². The predicted molar refractivity (Wildman–Crippen MR) is 444 cm³/mol. The van der Waals surface area contributed by atoms with E-state index in [0.717, 1.165) is 33.4 Å². The number of ether oxygens (including phenoxy) is 4. The van der Waals surface area contributed by atoms with Crippen LogP contribution in [0.1, 0.15) is 129 Å². The Bertz CT molecular complexity index is 4630. The van der Waals surface area contributed by atoms with Crippen molar-refractivity contribution >= 4 is 107 Å². The Morgan fingerprint density at radius 2 is 0.655 bits per heavy atom. The van der Waals surface area contributed by atoms with E-state index in [-0.39, 0.29) is 105 Å². The Kier molecular flexibility index (Phi) is 36.7. The van der Waals surface area contributed by atoms with Crippen LogP contribution in [0.2, 0.25) is 30.9 Å². The van der Waals surface area contributed by atoms with Crippen LogP contribution in [0.15, 0.2) is 152 Å². The fraction of sp³-hybridized carbons (Fsp3) is 0.308. The quantitative estimate of drug-likeness (QED) is 0.0497. The van der Waals surface area contributed by atoms with Crippen LogP contribution < -0.4 is 35.6 Å². The molecule has 11 rings (SSSR count).